The number of morpholine rings is 1. The molecule has 0 N–H and O–H groups in total. The van der Waals surface area contributed by atoms with E-state index < -0.39 is 0 Å². The summed E-state index contributed by atoms with van der Waals surface area (Å²) in [4.78, 5) is 14.0. The molecule has 1 aliphatic heterocycles. The molecule has 5 heteroatoms. The summed E-state index contributed by atoms with van der Waals surface area (Å²) >= 11 is 3.42. The molecule has 1 unspecified atom stereocenters. The third-order valence-electron chi connectivity index (χ3n) is 3.05. The summed E-state index contributed by atoms with van der Waals surface area (Å²) in [5.41, 5.74) is 0. The van der Waals surface area contributed by atoms with E-state index in [2.05, 4.69) is 15.9 Å². The average molecular weight is 328 g/mol. The van der Waals surface area contributed by atoms with Crippen molar-refractivity contribution < 1.29 is 14.3 Å². The minimum atomic E-state index is 0.128. The van der Waals surface area contributed by atoms with Crippen molar-refractivity contribution in [3.05, 3.63) is 30.3 Å². The lowest BCUT2D eigenvalue weighted by molar-refractivity contribution is -0.139. The first-order chi connectivity index (χ1) is 9.31. The van der Waals surface area contributed by atoms with Crippen LogP contribution in [0.3, 0.4) is 0 Å². The van der Waals surface area contributed by atoms with Gasteiger partial charge in [-0.2, -0.15) is 0 Å². The largest absolute Gasteiger partial charge is 0.493 e. The Kier molecular flexibility index (Phi) is 5.66. The van der Waals surface area contributed by atoms with E-state index in [4.69, 9.17) is 9.47 Å². The lowest BCUT2D eigenvalue weighted by atomic mass is 10.2. The summed E-state index contributed by atoms with van der Waals surface area (Å²) in [5, 5.41) is 0.748. The quantitative estimate of drug-likeness (QED) is 0.777. The van der Waals surface area contributed by atoms with Crippen LogP contribution < -0.4 is 4.74 Å². The Balaban J connectivity index is 1.77. The zero-order chi connectivity index (χ0) is 13.5. The molecule has 4 nitrogen and oxygen atoms in total. The molecule has 1 aromatic carbocycles. The van der Waals surface area contributed by atoms with Gasteiger partial charge in [0.1, 0.15) is 5.75 Å². The Labute approximate surface area is 121 Å². The Hall–Kier alpha value is -1.07. The summed E-state index contributed by atoms with van der Waals surface area (Å²) in [6, 6.07) is 9.69. The molecule has 0 aromatic heterocycles. The molecule has 1 atom stereocenters. The fourth-order valence-electron chi connectivity index (χ4n) is 2.03. The van der Waals surface area contributed by atoms with E-state index in [1.54, 1.807) is 0 Å². The number of para-hydroxylation sites is 1. The zero-order valence-corrected chi connectivity index (χ0v) is 12.3. The first-order valence-corrected chi connectivity index (χ1v) is 7.54. The highest BCUT2D eigenvalue weighted by molar-refractivity contribution is 9.09. The van der Waals surface area contributed by atoms with Crippen molar-refractivity contribution in [2.24, 2.45) is 0 Å². The Bertz CT molecular complexity index is 399. The van der Waals surface area contributed by atoms with Gasteiger partial charge in [0.15, 0.2) is 0 Å². The minimum absolute atomic E-state index is 0.128. The van der Waals surface area contributed by atoms with Crippen LogP contribution in [0.2, 0.25) is 0 Å². The number of carbonyl (C=O) groups excluding carboxylic acids is 1. The third kappa shape index (κ3) is 4.21. The maximum absolute atomic E-state index is 12.1. The van der Waals surface area contributed by atoms with Crippen molar-refractivity contribution in [1.29, 1.82) is 0 Å². The number of amides is 1. The van der Waals surface area contributed by atoms with E-state index >= 15 is 0 Å². The van der Waals surface area contributed by atoms with Gasteiger partial charge in [-0.3, -0.25) is 4.79 Å². The number of halogens is 1. The highest BCUT2D eigenvalue weighted by atomic mass is 79.9. The molecule has 1 heterocycles. The average Bonchev–Trinajstić information content (AvgIpc) is 2.48. The van der Waals surface area contributed by atoms with E-state index in [1.165, 1.54) is 0 Å². The number of carbonyl (C=O) groups is 1. The molecular weight excluding hydrogens is 310 g/mol. The summed E-state index contributed by atoms with van der Waals surface area (Å²) in [5.74, 6) is 0.929. The minimum Gasteiger partial charge on any atom is -0.493 e. The number of hydrogen-bond acceptors (Lipinski definition) is 3. The van der Waals surface area contributed by atoms with Crippen LogP contribution in [-0.2, 0) is 9.53 Å². The van der Waals surface area contributed by atoms with Gasteiger partial charge in [0.25, 0.3) is 0 Å². The van der Waals surface area contributed by atoms with E-state index in [9.17, 15) is 4.79 Å². The first kappa shape index (κ1) is 14.3. The monoisotopic (exact) mass is 327 g/mol. The van der Waals surface area contributed by atoms with Crippen LogP contribution in [0.1, 0.15) is 6.42 Å². The first-order valence-electron chi connectivity index (χ1n) is 6.42. The van der Waals surface area contributed by atoms with Crippen LogP contribution in [0.4, 0.5) is 0 Å². The second kappa shape index (κ2) is 7.50. The Morgan fingerprint density at radius 3 is 2.95 bits per heavy atom. The molecule has 0 aliphatic carbocycles. The third-order valence-corrected chi connectivity index (χ3v) is 3.80. The normalized spacial score (nSPS) is 19.2. The molecule has 0 bridgehead atoms. The fourth-order valence-corrected chi connectivity index (χ4v) is 2.56. The van der Waals surface area contributed by atoms with Gasteiger partial charge in [0.05, 0.1) is 32.3 Å². The Morgan fingerprint density at radius 1 is 1.42 bits per heavy atom. The van der Waals surface area contributed by atoms with Gasteiger partial charge in [0, 0.05) is 11.9 Å². The molecule has 1 aromatic rings. The molecule has 1 fully saturated rings. The fraction of sp³-hybridized carbons (Fsp3) is 0.500. The molecule has 0 radical (unpaired) electrons. The van der Waals surface area contributed by atoms with Crippen molar-refractivity contribution in [2.45, 2.75) is 12.5 Å². The van der Waals surface area contributed by atoms with E-state index in [-0.39, 0.29) is 11.9 Å². The van der Waals surface area contributed by atoms with Crippen LogP contribution in [0, 0.1) is 0 Å². The highest BCUT2D eigenvalue weighted by Gasteiger charge is 2.25. The van der Waals surface area contributed by atoms with Crippen LogP contribution in [-0.4, -0.2) is 48.5 Å². The van der Waals surface area contributed by atoms with Gasteiger partial charge in [-0.25, -0.2) is 0 Å². The van der Waals surface area contributed by atoms with Crippen molar-refractivity contribution in [2.75, 3.05) is 31.7 Å². The van der Waals surface area contributed by atoms with Gasteiger partial charge in [0.2, 0.25) is 5.91 Å². The summed E-state index contributed by atoms with van der Waals surface area (Å²) < 4.78 is 10.9. The molecule has 1 saturated heterocycles. The summed E-state index contributed by atoms with van der Waals surface area (Å²) in [7, 11) is 0. The summed E-state index contributed by atoms with van der Waals surface area (Å²) in [6.45, 7) is 2.31. The van der Waals surface area contributed by atoms with Gasteiger partial charge in [-0.1, -0.05) is 34.1 Å². The number of benzene rings is 1. The smallest absolute Gasteiger partial charge is 0.226 e. The van der Waals surface area contributed by atoms with E-state index in [1.807, 2.05) is 35.2 Å². The number of rotatable bonds is 5. The maximum atomic E-state index is 12.1. The van der Waals surface area contributed by atoms with Crippen LogP contribution in [0.25, 0.3) is 0 Å². The predicted octanol–water partition coefficient (Wildman–Crippen LogP) is 2.08. The molecule has 1 aliphatic rings. The molecular formula is C14H18BrNO3. The molecule has 2 rings (SSSR count). The highest BCUT2D eigenvalue weighted by Crippen LogP contribution is 2.12. The second-order valence-electron chi connectivity index (χ2n) is 4.38. The van der Waals surface area contributed by atoms with Crippen LogP contribution in [0.15, 0.2) is 30.3 Å². The SMILES string of the molecule is O=C(CCOc1ccccc1)N1CCOCC1CBr. The van der Waals surface area contributed by atoms with E-state index in [0.717, 1.165) is 11.1 Å². The van der Waals surface area contributed by atoms with Gasteiger partial charge in [-0.15, -0.1) is 0 Å². The van der Waals surface area contributed by atoms with E-state index in [0.29, 0.717) is 32.8 Å². The number of ether oxygens (including phenoxy) is 2. The van der Waals surface area contributed by atoms with Crippen LogP contribution in [0.5, 0.6) is 5.75 Å². The number of hydrogen-bond donors (Lipinski definition) is 0. The number of alkyl halides is 1. The standard InChI is InChI=1S/C14H18BrNO3/c15-10-12-11-18-9-7-16(12)14(17)6-8-19-13-4-2-1-3-5-13/h1-5,12H,6-11H2. The van der Waals surface area contributed by atoms with Crippen LogP contribution >= 0.6 is 15.9 Å². The Morgan fingerprint density at radius 2 is 2.21 bits per heavy atom. The summed E-state index contributed by atoms with van der Waals surface area (Å²) in [6.07, 6.45) is 0.401. The van der Waals surface area contributed by atoms with Gasteiger partial charge >= 0.3 is 0 Å². The molecule has 19 heavy (non-hydrogen) atoms. The topological polar surface area (TPSA) is 38.8 Å². The molecule has 0 spiro atoms. The molecule has 104 valence electrons. The zero-order valence-electron chi connectivity index (χ0n) is 10.8. The van der Waals surface area contributed by atoms with Crippen molar-refractivity contribution in [3.8, 4) is 5.75 Å². The second-order valence-corrected chi connectivity index (χ2v) is 5.03. The lowest BCUT2D eigenvalue weighted by Crippen LogP contribution is -2.49. The lowest BCUT2D eigenvalue weighted by Gasteiger charge is -2.34. The van der Waals surface area contributed by atoms with Crippen molar-refractivity contribution in [3.63, 3.8) is 0 Å². The maximum Gasteiger partial charge on any atom is 0.226 e. The van der Waals surface area contributed by atoms with Crippen molar-refractivity contribution >= 4 is 21.8 Å². The number of nitrogens with zero attached hydrogens (tertiary/aromatic N) is 1. The predicted molar refractivity (Wildman–Crippen MR) is 76.7 cm³/mol. The van der Waals surface area contributed by atoms with Gasteiger partial charge < -0.3 is 14.4 Å². The van der Waals surface area contributed by atoms with Crippen molar-refractivity contribution in [1.82, 2.24) is 4.90 Å². The molecule has 0 saturated carbocycles. The molecule has 1 amide bonds. The van der Waals surface area contributed by atoms with Gasteiger partial charge in [-0.05, 0) is 12.1 Å².